The molecule has 0 unspecified atom stereocenters. The van der Waals surface area contributed by atoms with Crippen LogP contribution in [0.15, 0.2) is 71.4 Å². The topological polar surface area (TPSA) is 69.9 Å². The second-order valence-electron chi connectivity index (χ2n) is 8.31. The van der Waals surface area contributed by atoms with E-state index in [0.29, 0.717) is 24.7 Å². The lowest BCUT2D eigenvalue weighted by Crippen LogP contribution is -2.09. The van der Waals surface area contributed by atoms with Crippen LogP contribution >= 0.6 is 0 Å². The number of fused-ring (bicyclic) bond motifs is 1. The zero-order valence-electron chi connectivity index (χ0n) is 21.3. The second-order valence-corrected chi connectivity index (χ2v) is 8.31. The number of anilines is 1. The van der Waals surface area contributed by atoms with Crippen LogP contribution in [0.4, 0.5) is 5.69 Å². The molecule has 0 saturated carbocycles. The van der Waals surface area contributed by atoms with Crippen LogP contribution in [-0.2, 0) is 4.79 Å². The van der Waals surface area contributed by atoms with Gasteiger partial charge in [-0.15, -0.1) is 0 Å². The molecule has 1 amide bonds. The first-order valence-electron chi connectivity index (χ1n) is 12.0. The van der Waals surface area contributed by atoms with E-state index in [9.17, 15) is 4.79 Å². The van der Waals surface area contributed by atoms with Crippen molar-refractivity contribution in [2.24, 2.45) is 0 Å². The summed E-state index contributed by atoms with van der Waals surface area (Å²) in [6.45, 7) is 8.83. The summed E-state index contributed by atoms with van der Waals surface area (Å²) < 4.78 is 23.1. The number of hydrogen-bond acceptors (Lipinski definition) is 5. The van der Waals surface area contributed by atoms with Crippen molar-refractivity contribution in [3.05, 3.63) is 78.1 Å². The molecule has 0 fully saturated rings. The summed E-state index contributed by atoms with van der Waals surface area (Å²) >= 11 is 0. The number of hydrogen-bond donors (Lipinski definition) is 1. The number of allylic oxidation sites excluding steroid dienone is 1. The third-order valence-electron chi connectivity index (χ3n) is 5.94. The Morgan fingerprint density at radius 2 is 1.72 bits per heavy atom. The van der Waals surface area contributed by atoms with Gasteiger partial charge in [0.25, 0.3) is 0 Å². The molecule has 0 saturated heterocycles. The monoisotopic (exact) mass is 485 g/mol. The number of aryl methyl sites for hydroxylation is 1. The number of amides is 1. The Bertz CT molecular complexity index is 1400. The molecule has 1 N–H and O–H groups in total. The predicted molar refractivity (Wildman–Crippen MR) is 144 cm³/mol. The van der Waals surface area contributed by atoms with Crippen LogP contribution in [0, 0.1) is 6.92 Å². The molecule has 6 heteroatoms. The fourth-order valence-electron chi connectivity index (χ4n) is 4.27. The van der Waals surface area contributed by atoms with Crippen LogP contribution in [0.2, 0.25) is 0 Å². The SMILES string of the molecule is CCOc1ccc(NC(=O)/C=C(\C)c2cc3c(-c4ccccc4OC)coc3c(C)c2OCC)cc1. The van der Waals surface area contributed by atoms with Crippen molar-refractivity contribution in [2.75, 3.05) is 25.6 Å². The first-order chi connectivity index (χ1) is 17.5. The molecule has 0 aliphatic carbocycles. The molecular formula is C30H31NO5. The summed E-state index contributed by atoms with van der Waals surface area (Å²) in [6, 6.07) is 17.2. The first kappa shape index (κ1) is 24.9. The van der Waals surface area contributed by atoms with E-state index < -0.39 is 0 Å². The van der Waals surface area contributed by atoms with E-state index >= 15 is 0 Å². The van der Waals surface area contributed by atoms with Crippen LogP contribution in [-0.4, -0.2) is 26.2 Å². The van der Waals surface area contributed by atoms with Gasteiger partial charge in [-0.05, 0) is 69.7 Å². The molecule has 0 bridgehead atoms. The summed E-state index contributed by atoms with van der Waals surface area (Å²) in [5.41, 5.74) is 5.78. The van der Waals surface area contributed by atoms with Crippen LogP contribution in [0.5, 0.6) is 17.2 Å². The van der Waals surface area contributed by atoms with Gasteiger partial charge < -0.3 is 23.9 Å². The zero-order valence-corrected chi connectivity index (χ0v) is 21.3. The zero-order chi connectivity index (χ0) is 25.7. The fraction of sp³-hybridized carbons (Fsp3) is 0.233. The van der Waals surface area contributed by atoms with E-state index in [0.717, 1.165) is 50.3 Å². The van der Waals surface area contributed by atoms with Crippen LogP contribution in [0.1, 0.15) is 31.9 Å². The lowest BCUT2D eigenvalue weighted by Gasteiger charge is -2.15. The van der Waals surface area contributed by atoms with Crippen molar-refractivity contribution < 1.29 is 23.4 Å². The number of furan rings is 1. The highest BCUT2D eigenvalue weighted by Gasteiger charge is 2.20. The molecule has 186 valence electrons. The van der Waals surface area contributed by atoms with Gasteiger partial charge in [0.2, 0.25) is 5.91 Å². The average Bonchev–Trinajstić information content (AvgIpc) is 3.31. The van der Waals surface area contributed by atoms with Crippen LogP contribution < -0.4 is 19.5 Å². The van der Waals surface area contributed by atoms with Gasteiger partial charge in [-0.1, -0.05) is 18.2 Å². The molecule has 1 heterocycles. The number of rotatable bonds is 9. The lowest BCUT2D eigenvalue weighted by atomic mass is 9.96. The van der Waals surface area contributed by atoms with E-state index in [-0.39, 0.29) is 5.91 Å². The normalized spacial score (nSPS) is 11.4. The minimum Gasteiger partial charge on any atom is -0.496 e. The molecule has 3 aromatic carbocycles. The molecule has 0 aliphatic heterocycles. The molecule has 36 heavy (non-hydrogen) atoms. The van der Waals surface area contributed by atoms with Crippen LogP contribution in [0.25, 0.3) is 27.7 Å². The van der Waals surface area contributed by atoms with Crippen molar-refractivity contribution in [3.8, 4) is 28.4 Å². The van der Waals surface area contributed by atoms with E-state index in [1.165, 1.54) is 0 Å². The highest BCUT2D eigenvalue weighted by Crippen LogP contribution is 2.42. The number of para-hydroxylation sites is 1. The molecule has 1 aromatic heterocycles. The van der Waals surface area contributed by atoms with Gasteiger partial charge in [0, 0.05) is 39.4 Å². The smallest absolute Gasteiger partial charge is 0.248 e. The summed E-state index contributed by atoms with van der Waals surface area (Å²) in [5, 5.41) is 3.84. The van der Waals surface area contributed by atoms with Crippen molar-refractivity contribution in [1.29, 1.82) is 0 Å². The molecule has 4 aromatic rings. The Hall–Kier alpha value is -4.19. The van der Waals surface area contributed by atoms with Crippen LogP contribution in [0.3, 0.4) is 0 Å². The Labute approximate surface area is 211 Å². The predicted octanol–water partition coefficient (Wildman–Crippen LogP) is 7.26. The van der Waals surface area contributed by atoms with E-state index in [1.54, 1.807) is 19.4 Å². The number of carbonyl (C=O) groups excluding carboxylic acids is 1. The average molecular weight is 486 g/mol. The van der Waals surface area contributed by atoms with Crippen molar-refractivity contribution in [1.82, 2.24) is 0 Å². The van der Waals surface area contributed by atoms with Gasteiger partial charge in [-0.2, -0.15) is 0 Å². The fourth-order valence-corrected chi connectivity index (χ4v) is 4.27. The summed E-state index contributed by atoms with van der Waals surface area (Å²) in [5.74, 6) is 2.00. The number of nitrogens with one attached hydrogen (secondary N) is 1. The quantitative estimate of drug-likeness (QED) is 0.253. The Morgan fingerprint density at radius 3 is 2.42 bits per heavy atom. The Balaban J connectivity index is 1.73. The van der Waals surface area contributed by atoms with Gasteiger partial charge in [0.05, 0.1) is 26.6 Å². The molecule has 0 aliphatic rings. The van der Waals surface area contributed by atoms with Crippen molar-refractivity contribution >= 4 is 28.1 Å². The molecular weight excluding hydrogens is 454 g/mol. The largest absolute Gasteiger partial charge is 0.496 e. The Morgan fingerprint density at radius 1 is 1.00 bits per heavy atom. The second kappa shape index (κ2) is 11.0. The standard InChI is InChI=1S/C30H31NO5/c1-6-34-22-14-12-21(13-15-22)31-28(32)16-19(3)24-17-25-26(23-10-8-9-11-27(23)33-5)18-36-30(25)20(4)29(24)35-7-2/h8-18H,6-7H2,1-5H3,(H,31,32)/b19-16+. The van der Waals surface area contributed by atoms with E-state index in [2.05, 4.69) is 5.32 Å². The summed E-state index contributed by atoms with van der Waals surface area (Å²) in [6.07, 6.45) is 3.33. The number of methoxy groups -OCH3 is 1. The van der Waals surface area contributed by atoms with Gasteiger partial charge in [-0.3, -0.25) is 4.79 Å². The lowest BCUT2D eigenvalue weighted by molar-refractivity contribution is -0.111. The maximum atomic E-state index is 12.9. The van der Waals surface area contributed by atoms with Gasteiger partial charge in [0.1, 0.15) is 22.8 Å². The first-order valence-corrected chi connectivity index (χ1v) is 12.0. The third-order valence-corrected chi connectivity index (χ3v) is 5.94. The number of carbonyl (C=O) groups is 1. The maximum Gasteiger partial charge on any atom is 0.248 e. The minimum atomic E-state index is -0.228. The molecule has 4 rings (SSSR count). The molecule has 6 nitrogen and oxygen atoms in total. The van der Waals surface area contributed by atoms with Crippen molar-refractivity contribution in [2.45, 2.75) is 27.7 Å². The maximum absolute atomic E-state index is 12.9. The molecule has 0 spiro atoms. The van der Waals surface area contributed by atoms with Gasteiger partial charge in [0.15, 0.2) is 0 Å². The minimum absolute atomic E-state index is 0.228. The highest BCUT2D eigenvalue weighted by molar-refractivity contribution is 6.06. The number of ether oxygens (including phenoxy) is 3. The highest BCUT2D eigenvalue weighted by atomic mass is 16.5. The van der Waals surface area contributed by atoms with E-state index in [4.69, 9.17) is 18.6 Å². The summed E-state index contributed by atoms with van der Waals surface area (Å²) in [4.78, 5) is 12.9. The molecule has 0 atom stereocenters. The van der Waals surface area contributed by atoms with Crippen molar-refractivity contribution in [3.63, 3.8) is 0 Å². The Kier molecular flexibility index (Phi) is 7.64. The van der Waals surface area contributed by atoms with E-state index in [1.807, 2.05) is 82.3 Å². The number of benzene rings is 3. The van der Waals surface area contributed by atoms with Gasteiger partial charge in [-0.25, -0.2) is 0 Å². The van der Waals surface area contributed by atoms with Gasteiger partial charge >= 0.3 is 0 Å². The molecule has 0 radical (unpaired) electrons. The third kappa shape index (κ3) is 5.08. The summed E-state index contributed by atoms with van der Waals surface area (Å²) in [7, 11) is 1.65.